The third kappa shape index (κ3) is 9.26. The Morgan fingerprint density at radius 3 is 2.15 bits per heavy atom. The van der Waals surface area contributed by atoms with E-state index in [1.807, 2.05) is 48.5 Å². The van der Waals surface area contributed by atoms with Gasteiger partial charge in [-0.3, -0.25) is 0 Å². The van der Waals surface area contributed by atoms with Crippen LogP contribution in [0.4, 0.5) is 11.8 Å². The minimum Gasteiger partial charge on any atom is -0.369 e. The molecule has 1 aromatic heterocycles. The van der Waals surface area contributed by atoms with Gasteiger partial charge in [-0.2, -0.15) is 4.98 Å². The number of nitrogens with zero attached hydrogens (tertiary/aromatic N) is 3. The molecule has 0 aliphatic heterocycles. The minimum atomic E-state index is -3.55. The van der Waals surface area contributed by atoms with Crippen LogP contribution in [-0.4, -0.2) is 62.6 Å². The fraction of sp³-hybridized carbons (Fsp3) is 0.419. The summed E-state index contributed by atoms with van der Waals surface area (Å²) in [6, 6.07) is 21.0. The molecule has 4 aromatic rings. The summed E-state index contributed by atoms with van der Waals surface area (Å²) in [5.74, 6) is 1.50. The molecule has 0 fully saturated rings. The molecule has 0 saturated heterocycles. The van der Waals surface area contributed by atoms with Gasteiger partial charge < -0.3 is 15.5 Å². The number of hydrogen-bond donors (Lipinski definition) is 3. The maximum Gasteiger partial charge on any atom is 0.241 e. The van der Waals surface area contributed by atoms with Gasteiger partial charge in [0.25, 0.3) is 0 Å². The Morgan fingerprint density at radius 1 is 0.707 bits per heavy atom. The first kappa shape index (κ1) is 32.5. The van der Waals surface area contributed by atoms with Gasteiger partial charge in [0, 0.05) is 30.4 Å². The van der Waals surface area contributed by atoms with Gasteiger partial charge in [0.1, 0.15) is 5.82 Å². The fourth-order valence-electron chi connectivity index (χ4n) is 4.86. The first-order valence-electron chi connectivity index (χ1n) is 14.5. The van der Waals surface area contributed by atoms with E-state index in [0.29, 0.717) is 17.4 Å². The summed E-state index contributed by atoms with van der Waals surface area (Å²) in [5, 5.41) is 9.59. The zero-order valence-electron chi connectivity index (χ0n) is 24.1. The number of benzene rings is 3. The zero-order chi connectivity index (χ0) is 28.2. The summed E-state index contributed by atoms with van der Waals surface area (Å²) < 4.78 is 28.5. The van der Waals surface area contributed by atoms with Crippen LogP contribution in [0.2, 0.25) is 0 Å². The minimum absolute atomic E-state index is 0. The second-order valence-electron chi connectivity index (χ2n) is 9.94. The van der Waals surface area contributed by atoms with Gasteiger partial charge in [-0.1, -0.05) is 75.2 Å². The Kier molecular flexibility index (Phi) is 13.1. The largest absolute Gasteiger partial charge is 0.369 e. The molecular formula is C31H43ClN6O2S. The van der Waals surface area contributed by atoms with Crippen molar-refractivity contribution in [1.29, 1.82) is 0 Å². The van der Waals surface area contributed by atoms with Crippen LogP contribution in [-0.2, 0) is 10.0 Å². The topological polar surface area (TPSA) is 99.2 Å². The fourth-order valence-corrected chi connectivity index (χ4v) is 6.16. The number of unbranched alkanes of at least 4 members (excludes halogenated alkanes) is 3. The average Bonchev–Trinajstić information content (AvgIpc) is 2.98. The van der Waals surface area contributed by atoms with Gasteiger partial charge >= 0.3 is 0 Å². The summed E-state index contributed by atoms with van der Waals surface area (Å²) in [6.45, 7) is 9.66. The Bertz CT molecular complexity index is 1470. The molecule has 222 valence electrons. The molecule has 0 saturated carbocycles. The Labute approximate surface area is 250 Å². The SMILES string of the molecule is CCN(CC)CCCNc1nc(NCCCCCCNS(=O)(=O)c2cccc3ccccc23)nc2ccccc12.Cl. The number of anilines is 2. The molecule has 0 radical (unpaired) electrons. The maximum atomic E-state index is 12.9. The van der Waals surface area contributed by atoms with E-state index in [-0.39, 0.29) is 12.4 Å². The average molecular weight is 599 g/mol. The van der Waals surface area contributed by atoms with Crippen molar-refractivity contribution in [1.82, 2.24) is 19.6 Å². The maximum absolute atomic E-state index is 12.9. The highest BCUT2D eigenvalue weighted by molar-refractivity contribution is 7.89. The summed E-state index contributed by atoms with van der Waals surface area (Å²) >= 11 is 0. The molecule has 41 heavy (non-hydrogen) atoms. The summed E-state index contributed by atoms with van der Waals surface area (Å²) in [6.07, 6.45) is 4.74. The molecule has 0 amide bonds. The molecule has 10 heteroatoms. The van der Waals surface area contributed by atoms with E-state index in [0.717, 1.165) is 92.3 Å². The molecule has 3 N–H and O–H groups in total. The Hall–Kier alpha value is -2.98. The highest BCUT2D eigenvalue weighted by atomic mass is 35.5. The van der Waals surface area contributed by atoms with E-state index in [1.54, 1.807) is 12.1 Å². The highest BCUT2D eigenvalue weighted by Gasteiger charge is 2.16. The van der Waals surface area contributed by atoms with E-state index < -0.39 is 10.0 Å². The normalized spacial score (nSPS) is 11.6. The second-order valence-corrected chi connectivity index (χ2v) is 11.7. The van der Waals surface area contributed by atoms with Gasteiger partial charge in [0.15, 0.2) is 0 Å². The third-order valence-electron chi connectivity index (χ3n) is 7.16. The molecule has 0 aliphatic rings. The van der Waals surface area contributed by atoms with Crippen LogP contribution in [0, 0.1) is 0 Å². The van der Waals surface area contributed by atoms with Gasteiger partial charge in [0.2, 0.25) is 16.0 Å². The van der Waals surface area contributed by atoms with Crippen LogP contribution >= 0.6 is 12.4 Å². The molecule has 0 bridgehead atoms. The van der Waals surface area contributed by atoms with Crippen molar-refractivity contribution in [2.45, 2.75) is 50.8 Å². The standard InChI is InChI=1S/C31H42N6O2S.ClH/c1-3-37(4-2)24-14-22-32-30-27-18-9-10-19-28(27)35-31(36-30)33-21-11-5-6-12-23-34-40(38,39)29-20-13-16-25-15-7-8-17-26(25)29;/h7-10,13,15-20,34H,3-6,11-12,14,21-24H2,1-2H3,(H2,32,33,35,36);1H. The van der Waals surface area contributed by atoms with E-state index in [4.69, 9.17) is 9.97 Å². The molecular weight excluding hydrogens is 556 g/mol. The van der Waals surface area contributed by atoms with E-state index in [9.17, 15) is 8.42 Å². The molecule has 1 heterocycles. The van der Waals surface area contributed by atoms with E-state index in [2.05, 4.69) is 40.2 Å². The van der Waals surface area contributed by atoms with Gasteiger partial charge in [0.05, 0.1) is 10.4 Å². The molecule has 0 aliphatic carbocycles. The molecule has 4 rings (SSSR count). The van der Waals surface area contributed by atoms with Gasteiger partial charge in [-0.05, 0) is 62.5 Å². The van der Waals surface area contributed by atoms with Crippen molar-refractivity contribution >= 4 is 55.9 Å². The molecule has 0 atom stereocenters. The number of fused-ring (bicyclic) bond motifs is 2. The molecule has 3 aromatic carbocycles. The summed E-state index contributed by atoms with van der Waals surface area (Å²) in [5.41, 5.74) is 0.921. The Morgan fingerprint density at radius 2 is 1.37 bits per heavy atom. The lowest BCUT2D eigenvalue weighted by molar-refractivity contribution is 0.303. The van der Waals surface area contributed by atoms with Crippen LogP contribution in [0.3, 0.4) is 0 Å². The third-order valence-corrected chi connectivity index (χ3v) is 8.68. The lowest BCUT2D eigenvalue weighted by atomic mass is 10.1. The molecule has 0 unspecified atom stereocenters. The monoisotopic (exact) mass is 598 g/mol. The van der Waals surface area contributed by atoms with Crippen LogP contribution in [0.5, 0.6) is 0 Å². The van der Waals surface area contributed by atoms with Crippen molar-refractivity contribution in [2.24, 2.45) is 0 Å². The number of rotatable bonds is 17. The number of halogens is 1. The number of nitrogens with one attached hydrogen (secondary N) is 3. The van der Waals surface area contributed by atoms with Crippen molar-refractivity contribution in [3.63, 3.8) is 0 Å². The smallest absolute Gasteiger partial charge is 0.241 e. The lowest BCUT2D eigenvalue weighted by Crippen LogP contribution is -2.25. The van der Waals surface area contributed by atoms with Crippen LogP contribution < -0.4 is 15.4 Å². The van der Waals surface area contributed by atoms with Gasteiger partial charge in [-0.15, -0.1) is 12.4 Å². The Balaban J connectivity index is 0.00000462. The van der Waals surface area contributed by atoms with Crippen molar-refractivity contribution in [2.75, 3.05) is 49.9 Å². The van der Waals surface area contributed by atoms with E-state index >= 15 is 0 Å². The van der Waals surface area contributed by atoms with Crippen LogP contribution in [0.25, 0.3) is 21.7 Å². The molecule has 0 spiro atoms. The summed E-state index contributed by atoms with van der Waals surface area (Å²) in [7, 11) is -3.55. The number of sulfonamides is 1. The first-order chi connectivity index (χ1) is 19.5. The van der Waals surface area contributed by atoms with Gasteiger partial charge in [-0.25, -0.2) is 18.1 Å². The van der Waals surface area contributed by atoms with Crippen LogP contribution in [0.1, 0.15) is 46.0 Å². The number of para-hydroxylation sites is 1. The number of aromatic nitrogens is 2. The van der Waals surface area contributed by atoms with E-state index in [1.165, 1.54) is 0 Å². The molecule has 8 nitrogen and oxygen atoms in total. The zero-order valence-corrected chi connectivity index (χ0v) is 25.7. The highest BCUT2D eigenvalue weighted by Crippen LogP contribution is 2.23. The van der Waals surface area contributed by atoms with Crippen molar-refractivity contribution in [3.8, 4) is 0 Å². The lowest BCUT2D eigenvalue weighted by Gasteiger charge is -2.18. The first-order valence-corrected chi connectivity index (χ1v) is 15.9. The van der Waals surface area contributed by atoms with Crippen molar-refractivity contribution in [3.05, 3.63) is 66.7 Å². The predicted octanol–water partition coefficient (Wildman–Crippen LogP) is 6.30. The summed E-state index contributed by atoms with van der Waals surface area (Å²) in [4.78, 5) is 12.2. The van der Waals surface area contributed by atoms with Crippen LogP contribution in [0.15, 0.2) is 71.6 Å². The quantitative estimate of drug-likeness (QED) is 0.123. The number of hydrogen-bond acceptors (Lipinski definition) is 7. The van der Waals surface area contributed by atoms with Crippen molar-refractivity contribution < 1.29 is 8.42 Å². The second kappa shape index (κ2) is 16.5. The predicted molar refractivity (Wildman–Crippen MR) is 174 cm³/mol.